The number of aryl methyl sites for hydroxylation is 1. The van der Waals surface area contributed by atoms with E-state index in [1.165, 1.54) is 29.9 Å². The Morgan fingerprint density at radius 2 is 2.13 bits per heavy atom. The van der Waals surface area contributed by atoms with E-state index in [9.17, 15) is 22.7 Å². The van der Waals surface area contributed by atoms with Crippen molar-refractivity contribution in [3.8, 4) is 18.4 Å². The fourth-order valence-corrected chi connectivity index (χ4v) is 3.85. The summed E-state index contributed by atoms with van der Waals surface area (Å²) in [7, 11) is -2.64. The summed E-state index contributed by atoms with van der Waals surface area (Å²) >= 11 is 0. The number of nitrogens with zero attached hydrogens (tertiary/aromatic N) is 2. The number of aromatic nitrogens is 1. The number of carbonyl (C=O) groups excluding carboxylic acids is 1. The molecule has 0 unspecified atom stereocenters. The zero-order valence-corrected chi connectivity index (χ0v) is 17.2. The van der Waals surface area contributed by atoms with Gasteiger partial charge in [-0.15, -0.1) is 6.42 Å². The number of rotatable bonds is 7. The van der Waals surface area contributed by atoms with Crippen LogP contribution in [0.15, 0.2) is 29.3 Å². The highest BCUT2D eigenvalue weighted by atomic mass is 32.2. The number of nitriles is 1. The summed E-state index contributed by atoms with van der Waals surface area (Å²) in [4.78, 5) is 12.7. The maximum atomic E-state index is 13.5. The number of aliphatic hydroxyl groups excluding tert-OH is 1. The molecule has 2 atom stereocenters. The Balaban J connectivity index is 2.43. The second-order valence-corrected chi connectivity index (χ2v) is 8.39. The first kappa shape index (κ1) is 23.1. The zero-order valence-electron chi connectivity index (χ0n) is 16.4. The number of sulfonamides is 1. The zero-order chi connectivity index (χ0) is 22.6. The van der Waals surface area contributed by atoms with Gasteiger partial charge in [0.1, 0.15) is 28.6 Å². The van der Waals surface area contributed by atoms with E-state index in [4.69, 9.17) is 16.8 Å². The number of hydrogen-bond acceptors (Lipinski definition) is 5. The van der Waals surface area contributed by atoms with Crippen LogP contribution in [-0.4, -0.2) is 30.1 Å². The Morgan fingerprint density at radius 3 is 2.70 bits per heavy atom. The summed E-state index contributed by atoms with van der Waals surface area (Å²) < 4.78 is 38.9. The lowest BCUT2D eigenvalue weighted by Gasteiger charge is -2.15. The Labute approximate surface area is 174 Å². The van der Waals surface area contributed by atoms with Gasteiger partial charge in [-0.3, -0.25) is 4.79 Å². The number of benzene rings is 1. The fraction of sp³-hybridized carbons (Fsp3) is 0.300. The molecule has 2 rings (SSSR count). The first-order valence-electron chi connectivity index (χ1n) is 8.85. The molecule has 10 heteroatoms. The first-order valence-corrected chi connectivity index (χ1v) is 10.4. The molecule has 0 radical (unpaired) electrons. The molecule has 1 heterocycles. The maximum absolute atomic E-state index is 13.5. The summed E-state index contributed by atoms with van der Waals surface area (Å²) in [5.41, 5.74) is 0.126. The van der Waals surface area contributed by atoms with E-state index in [1.54, 1.807) is 13.0 Å². The second kappa shape index (κ2) is 9.09. The summed E-state index contributed by atoms with van der Waals surface area (Å²) in [6.45, 7) is 1.70. The van der Waals surface area contributed by atoms with Gasteiger partial charge in [0.25, 0.3) is 5.91 Å². The molecular weight excluding hydrogens is 411 g/mol. The van der Waals surface area contributed by atoms with Crippen LogP contribution < -0.4 is 10.5 Å². The van der Waals surface area contributed by atoms with Crippen molar-refractivity contribution in [1.29, 1.82) is 5.26 Å². The van der Waals surface area contributed by atoms with Gasteiger partial charge in [-0.1, -0.05) is 12.8 Å². The van der Waals surface area contributed by atoms with Crippen LogP contribution in [0.3, 0.4) is 0 Å². The lowest BCUT2D eigenvalue weighted by Crippen LogP contribution is -2.20. The number of primary sulfonamides is 1. The van der Waals surface area contributed by atoms with Gasteiger partial charge in [0, 0.05) is 24.5 Å². The van der Waals surface area contributed by atoms with Crippen LogP contribution in [-0.2, 0) is 23.5 Å². The molecule has 158 valence electrons. The Bertz CT molecular complexity index is 1160. The number of hydrogen-bond donors (Lipinski definition) is 3. The van der Waals surface area contributed by atoms with Gasteiger partial charge >= 0.3 is 0 Å². The Morgan fingerprint density at radius 1 is 1.47 bits per heavy atom. The Hall–Kier alpha value is -3.18. The van der Waals surface area contributed by atoms with E-state index in [2.05, 4.69) is 11.2 Å². The number of halogens is 1. The molecule has 4 N–H and O–H groups in total. The number of amides is 1. The largest absolute Gasteiger partial charge is 0.380 e. The minimum Gasteiger partial charge on any atom is -0.380 e. The highest BCUT2D eigenvalue weighted by Gasteiger charge is 2.27. The SMILES string of the molecule is C#C[C@@H](O)[C@H](C)CCc1c(S(N)(=O)=O)cn(C)c1C(=O)Nc1ccc(F)c(C#N)c1. The molecule has 0 aliphatic heterocycles. The molecule has 30 heavy (non-hydrogen) atoms. The maximum Gasteiger partial charge on any atom is 0.272 e. The monoisotopic (exact) mass is 432 g/mol. The number of nitrogens with one attached hydrogen (secondary N) is 1. The van der Waals surface area contributed by atoms with Gasteiger partial charge in [-0.25, -0.2) is 17.9 Å². The highest BCUT2D eigenvalue weighted by Crippen LogP contribution is 2.26. The van der Waals surface area contributed by atoms with Crippen LogP contribution in [0, 0.1) is 35.4 Å². The number of nitrogens with two attached hydrogens (primary N) is 1. The molecular formula is C20H21FN4O4S. The predicted molar refractivity (Wildman–Crippen MR) is 108 cm³/mol. The summed E-state index contributed by atoms with van der Waals surface area (Å²) in [5, 5.41) is 26.5. The number of anilines is 1. The molecule has 0 saturated carbocycles. The molecule has 8 nitrogen and oxygen atoms in total. The topological polar surface area (TPSA) is 138 Å². The molecule has 0 saturated heterocycles. The molecule has 0 aliphatic rings. The average Bonchev–Trinajstić information content (AvgIpc) is 3.03. The molecule has 1 aromatic carbocycles. The van der Waals surface area contributed by atoms with E-state index >= 15 is 0 Å². The molecule has 1 amide bonds. The molecule has 0 aliphatic carbocycles. The van der Waals surface area contributed by atoms with E-state index in [0.717, 1.165) is 6.07 Å². The molecule has 0 bridgehead atoms. The molecule has 0 spiro atoms. The average molecular weight is 432 g/mol. The number of carbonyl (C=O) groups is 1. The van der Waals surface area contributed by atoms with E-state index in [0.29, 0.717) is 6.42 Å². The van der Waals surface area contributed by atoms with Crippen molar-refractivity contribution in [2.45, 2.75) is 30.8 Å². The molecule has 1 aromatic heterocycles. The third-order valence-electron chi connectivity index (χ3n) is 4.67. The van der Waals surface area contributed by atoms with Crippen molar-refractivity contribution in [2.75, 3.05) is 5.32 Å². The lowest BCUT2D eigenvalue weighted by atomic mass is 9.96. The summed E-state index contributed by atoms with van der Waals surface area (Å²) in [6, 6.07) is 5.17. The van der Waals surface area contributed by atoms with Gasteiger partial charge in [-0.05, 0) is 37.0 Å². The summed E-state index contributed by atoms with van der Waals surface area (Å²) in [5.74, 6) is 0.463. The van der Waals surface area contributed by atoms with Gasteiger partial charge in [0.15, 0.2) is 0 Å². The fourth-order valence-electron chi connectivity index (χ4n) is 3.01. The molecule has 0 fully saturated rings. The van der Waals surface area contributed by atoms with Crippen LogP contribution >= 0.6 is 0 Å². The normalized spacial score (nSPS) is 13.2. The van der Waals surface area contributed by atoms with Crippen LogP contribution in [0.2, 0.25) is 0 Å². The van der Waals surface area contributed by atoms with E-state index < -0.39 is 27.9 Å². The minimum atomic E-state index is -4.13. The third kappa shape index (κ3) is 5.05. The van der Waals surface area contributed by atoms with Gasteiger partial charge < -0.3 is 15.0 Å². The standard InChI is InChI=1S/C20H21FN4O4S/c1-4-17(26)12(2)5-7-15-18(30(23,28)29)11-25(3)19(15)20(27)24-14-6-8-16(21)13(9-14)10-22/h1,6,8-9,11-12,17,26H,5,7H2,2-3H3,(H,24,27)(H2,23,28,29)/t12-,17-/m1/s1. The third-order valence-corrected chi connectivity index (χ3v) is 5.64. The highest BCUT2D eigenvalue weighted by molar-refractivity contribution is 7.89. The van der Waals surface area contributed by atoms with E-state index in [1.807, 2.05) is 0 Å². The van der Waals surface area contributed by atoms with Crippen molar-refractivity contribution in [1.82, 2.24) is 4.57 Å². The van der Waals surface area contributed by atoms with Crippen LogP contribution in [0.4, 0.5) is 10.1 Å². The van der Waals surface area contributed by atoms with Crippen LogP contribution in [0.5, 0.6) is 0 Å². The lowest BCUT2D eigenvalue weighted by molar-refractivity contribution is 0.101. The molecule has 2 aromatic rings. The van der Waals surface area contributed by atoms with Crippen LogP contribution in [0.1, 0.15) is 35.0 Å². The van der Waals surface area contributed by atoms with Crippen molar-refractivity contribution >= 4 is 21.6 Å². The van der Waals surface area contributed by atoms with Crippen molar-refractivity contribution < 1.29 is 22.7 Å². The number of terminal acetylenes is 1. The predicted octanol–water partition coefficient (Wildman–Crippen LogP) is 1.50. The quantitative estimate of drug-likeness (QED) is 0.569. The van der Waals surface area contributed by atoms with Crippen LogP contribution in [0.25, 0.3) is 0 Å². The first-order chi connectivity index (χ1) is 14.0. The minimum absolute atomic E-state index is 0.0317. The smallest absolute Gasteiger partial charge is 0.272 e. The van der Waals surface area contributed by atoms with Gasteiger partial charge in [0.2, 0.25) is 10.0 Å². The summed E-state index contributed by atoms with van der Waals surface area (Å²) in [6.07, 6.45) is 5.83. The Kier molecular flexibility index (Phi) is 7.00. The van der Waals surface area contributed by atoms with Crippen molar-refractivity contribution in [3.05, 3.63) is 47.0 Å². The second-order valence-electron chi connectivity index (χ2n) is 6.86. The van der Waals surface area contributed by atoms with Crippen molar-refractivity contribution in [3.63, 3.8) is 0 Å². The van der Waals surface area contributed by atoms with Crippen molar-refractivity contribution in [2.24, 2.45) is 18.1 Å². The van der Waals surface area contributed by atoms with E-state index in [-0.39, 0.29) is 39.7 Å². The number of aliphatic hydroxyl groups is 1. The van der Waals surface area contributed by atoms with Gasteiger partial charge in [0.05, 0.1) is 5.56 Å². The van der Waals surface area contributed by atoms with Gasteiger partial charge in [-0.2, -0.15) is 5.26 Å².